The molecule has 0 aliphatic carbocycles. The number of carbonyl (C=O) groups is 2. The number of hydrogen-bond acceptors (Lipinski definition) is 7. The van der Waals surface area contributed by atoms with Crippen LogP contribution < -0.4 is 10.7 Å². The largest absolute Gasteiger partial charge is 0.475 e. The van der Waals surface area contributed by atoms with E-state index in [1.807, 2.05) is 0 Å². The van der Waals surface area contributed by atoms with Crippen molar-refractivity contribution in [2.24, 2.45) is 0 Å². The number of aliphatic hydroxyl groups excluding tert-OH is 2. The molecule has 2 rings (SSSR count). The number of hydrogen-bond donors (Lipinski definition) is 4. The molecule has 2 aromatic rings. The minimum atomic E-state index is -1.36. The van der Waals surface area contributed by atoms with Crippen LogP contribution in [0, 0.1) is 0 Å². The summed E-state index contributed by atoms with van der Waals surface area (Å²) in [7, 11) is 0. The molecule has 0 saturated heterocycles. The lowest BCUT2D eigenvalue weighted by Crippen LogP contribution is -2.34. The number of nitrogens with one attached hydrogen (secondary N) is 1. The molecular weight excluding hydrogens is 370 g/mol. The number of alkyl carbamates (subject to hydrolysis) is 1. The van der Waals surface area contributed by atoms with Gasteiger partial charge in [0.15, 0.2) is 5.43 Å². The number of aliphatic hydroxyl groups is 2. The van der Waals surface area contributed by atoms with Gasteiger partial charge in [0.05, 0.1) is 11.5 Å². The Balaban J connectivity index is 2.06. The molecule has 0 radical (unpaired) electrons. The van der Waals surface area contributed by atoms with E-state index in [1.165, 1.54) is 18.2 Å². The first-order valence-corrected chi connectivity index (χ1v) is 8.62. The Labute approximate surface area is 160 Å². The predicted molar refractivity (Wildman–Crippen MR) is 99.3 cm³/mol. The summed E-state index contributed by atoms with van der Waals surface area (Å²) in [5.74, 6) is -1.85. The number of aromatic carboxylic acids is 1. The van der Waals surface area contributed by atoms with Crippen molar-refractivity contribution in [1.29, 1.82) is 0 Å². The maximum atomic E-state index is 12.1. The van der Waals surface area contributed by atoms with Crippen LogP contribution in [0.25, 0.3) is 11.0 Å². The number of benzene rings is 1. The SMILES string of the molecule is CC(C)(C)OC(=O)NCCC(O)C(O)c1ccc2oc(C(=O)O)cc(=O)c2c1. The third-order valence-electron chi connectivity index (χ3n) is 3.78. The van der Waals surface area contributed by atoms with Crippen molar-refractivity contribution in [2.45, 2.75) is 45.0 Å². The molecule has 0 aliphatic rings. The molecule has 9 heteroatoms. The van der Waals surface area contributed by atoms with Gasteiger partial charge in [0.25, 0.3) is 0 Å². The number of rotatable bonds is 6. The zero-order chi connectivity index (χ0) is 21.1. The Hall–Kier alpha value is -2.91. The third-order valence-corrected chi connectivity index (χ3v) is 3.78. The maximum Gasteiger partial charge on any atom is 0.407 e. The number of carboxylic acid groups (broad SMARTS) is 1. The van der Waals surface area contributed by atoms with Crippen LogP contribution in [0.1, 0.15) is 49.4 Å². The summed E-state index contributed by atoms with van der Waals surface area (Å²) in [6.45, 7) is 5.24. The normalized spacial score (nSPS) is 13.8. The van der Waals surface area contributed by atoms with Crippen LogP contribution in [0.15, 0.2) is 33.5 Å². The molecule has 28 heavy (non-hydrogen) atoms. The van der Waals surface area contributed by atoms with Crippen molar-refractivity contribution in [3.8, 4) is 0 Å². The van der Waals surface area contributed by atoms with E-state index in [9.17, 15) is 24.6 Å². The molecule has 0 saturated carbocycles. The summed E-state index contributed by atoms with van der Waals surface area (Å²) in [4.78, 5) is 34.6. The molecule has 2 atom stereocenters. The molecule has 0 bridgehead atoms. The molecule has 9 nitrogen and oxygen atoms in total. The smallest absolute Gasteiger partial charge is 0.407 e. The van der Waals surface area contributed by atoms with E-state index in [0.29, 0.717) is 0 Å². The van der Waals surface area contributed by atoms with Crippen molar-refractivity contribution in [3.63, 3.8) is 0 Å². The lowest BCUT2D eigenvalue weighted by atomic mass is 10.0. The molecule has 152 valence electrons. The van der Waals surface area contributed by atoms with Crippen LogP contribution in [0.3, 0.4) is 0 Å². The minimum absolute atomic E-state index is 0.0466. The standard InChI is InChI=1S/C19H23NO8/c1-19(2,3)28-18(26)20-7-6-12(21)16(23)10-4-5-14-11(8-10)13(22)9-15(27-14)17(24)25/h4-5,8-9,12,16,21,23H,6-7H2,1-3H3,(H,20,26)(H,24,25). The molecule has 0 aliphatic heterocycles. The molecular formula is C19H23NO8. The minimum Gasteiger partial charge on any atom is -0.475 e. The van der Waals surface area contributed by atoms with Crippen LogP contribution in [0.2, 0.25) is 0 Å². The van der Waals surface area contributed by atoms with Crippen molar-refractivity contribution in [2.75, 3.05) is 6.54 Å². The average molecular weight is 393 g/mol. The highest BCUT2D eigenvalue weighted by Gasteiger charge is 2.21. The second kappa shape index (κ2) is 8.41. The number of fused-ring (bicyclic) bond motifs is 1. The fourth-order valence-electron chi connectivity index (χ4n) is 2.48. The van der Waals surface area contributed by atoms with Crippen molar-refractivity contribution >= 4 is 23.0 Å². The van der Waals surface area contributed by atoms with Gasteiger partial charge in [-0.15, -0.1) is 0 Å². The highest BCUT2D eigenvalue weighted by atomic mass is 16.6. The first-order chi connectivity index (χ1) is 13.0. The predicted octanol–water partition coefficient (Wildman–Crippen LogP) is 1.80. The van der Waals surface area contributed by atoms with E-state index in [-0.39, 0.29) is 29.5 Å². The highest BCUT2D eigenvalue weighted by molar-refractivity contribution is 5.87. The molecule has 1 heterocycles. The summed E-state index contributed by atoms with van der Waals surface area (Å²) in [5, 5.41) is 32.0. The van der Waals surface area contributed by atoms with E-state index >= 15 is 0 Å². The van der Waals surface area contributed by atoms with Gasteiger partial charge in [0.2, 0.25) is 5.76 Å². The third kappa shape index (κ3) is 5.54. The number of carbonyl (C=O) groups excluding carboxylic acids is 1. The van der Waals surface area contributed by atoms with Crippen LogP contribution in [0.4, 0.5) is 4.79 Å². The lowest BCUT2D eigenvalue weighted by Gasteiger charge is -2.21. The van der Waals surface area contributed by atoms with Crippen molar-refractivity contribution in [1.82, 2.24) is 5.32 Å². The quantitative estimate of drug-likeness (QED) is 0.581. The summed E-state index contributed by atoms with van der Waals surface area (Å²) < 4.78 is 10.2. The Morgan fingerprint density at radius 1 is 1.21 bits per heavy atom. The van der Waals surface area contributed by atoms with Gasteiger partial charge < -0.3 is 29.8 Å². The van der Waals surface area contributed by atoms with E-state index < -0.39 is 41.1 Å². The van der Waals surface area contributed by atoms with Gasteiger partial charge in [-0.2, -0.15) is 0 Å². The fourth-order valence-corrected chi connectivity index (χ4v) is 2.48. The first kappa shape index (κ1) is 21.4. The second-order valence-electron chi connectivity index (χ2n) is 7.27. The highest BCUT2D eigenvalue weighted by Crippen LogP contribution is 2.23. The van der Waals surface area contributed by atoms with Crippen LogP contribution >= 0.6 is 0 Å². The van der Waals surface area contributed by atoms with E-state index in [1.54, 1.807) is 20.8 Å². The van der Waals surface area contributed by atoms with Gasteiger partial charge in [0, 0.05) is 12.6 Å². The Bertz CT molecular complexity index is 928. The second-order valence-corrected chi connectivity index (χ2v) is 7.27. The fraction of sp³-hybridized carbons (Fsp3) is 0.421. The number of ether oxygens (including phenoxy) is 1. The van der Waals surface area contributed by atoms with Crippen LogP contribution in [-0.4, -0.2) is 45.6 Å². The molecule has 1 aromatic heterocycles. The topological polar surface area (TPSA) is 146 Å². The number of carboxylic acids is 1. The summed E-state index contributed by atoms with van der Waals surface area (Å²) in [5.41, 5.74) is -0.905. The molecule has 0 fully saturated rings. The van der Waals surface area contributed by atoms with Crippen LogP contribution in [0.5, 0.6) is 0 Å². The van der Waals surface area contributed by atoms with Gasteiger partial charge >= 0.3 is 12.1 Å². The Kier molecular flexibility index (Phi) is 6.42. The monoisotopic (exact) mass is 393 g/mol. The van der Waals surface area contributed by atoms with Gasteiger partial charge in [-0.1, -0.05) is 6.07 Å². The summed E-state index contributed by atoms with van der Waals surface area (Å²) in [6.07, 6.45) is -3.11. The average Bonchev–Trinajstić information content (AvgIpc) is 2.59. The van der Waals surface area contributed by atoms with Gasteiger partial charge in [0.1, 0.15) is 17.3 Å². The Morgan fingerprint density at radius 3 is 2.50 bits per heavy atom. The van der Waals surface area contributed by atoms with E-state index in [2.05, 4.69) is 5.32 Å². The van der Waals surface area contributed by atoms with E-state index in [0.717, 1.165) is 6.07 Å². The van der Waals surface area contributed by atoms with Gasteiger partial charge in [-0.05, 0) is 44.9 Å². The zero-order valence-corrected chi connectivity index (χ0v) is 15.8. The van der Waals surface area contributed by atoms with Crippen LogP contribution in [-0.2, 0) is 4.74 Å². The maximum absolute atomic E-state index is 12.1. The Morgan fingerprint density at radius 2 is 1.89 bits per heavy atom. The van der Waals surface area contributed by atoms with Crippen molar-refractivity contribution < 1.29 is 34.1 Å². The molecule has 1 aromatic carbocycles. The van der Waals surface area contributed by atoms with E-state index in [4.69, 9.17) is 14.3 Å². The lowest BCUT2D eigenvalue weighted by molar-refractivity contribution is 0.0123. The van der Waals surface area contributed by atoms with Gasteiger partial charge in [-0.25, -0.2) is 9.59 Å². The number of amides is 1. The summed E-state index contributed by atoms with van der Waals surface area (Å²) >= 11 is 0. The van der Waals surface area contributed by atoms with Gasteiger partial charge in [-0.3, -0.25) is 4.79 Å². The molecule has 1 amide bonds. The first-order valence-electron chi connectivity index (χ1n) is 8.62. The van der Waals surface area contributed by atoms with Crippen molar-refractivity contribution in [3.05, 3.63) is 45.8 Å². The molecule has 4 N–H and O–H groups in total. The molecule has 2 unspecified atom stereocenters. The molecule has 0 spiro atoms. The summed E-state index contributed by atoms with van der Waals surface area (Å²) in [6, 6.07) is 4.96. The zero-order valence-electron chi connectivity index (χ0n) is 15.8.